The van der Waals surface area contributed by atoms with Gasteiger partial charge in [0.25, 0.3) is 0 Å². The van der Waals surface area contributed by atoms with Crippen molar-refractivity contribution in [1.29, 1.82) is 0 Å². The molecule has 50 valence electrons. The van der Waals surface area contributed by atoms with Crippen LogP contribution in [0.2, 0.25) is 0 Å². The smallest absolute Gasteiger partial charge is 0.150 e. The van der Waals surface area contributed by atoms with Crippen LogP contribution in [-0.4, -0.2) is 31.7 Å². The number of nitrogens with zero attached hydrogens (tertiary/aromatic N) is 1. The van der Waals surface area contributed by atoms with Crippen LogP contribution in [-0.2, 0) is 9.47 Å². The highest BCUT2D eigenvalue weighted by atomic mass is 16.7. The zero-order valence-corrected chi connectivity index (χ0v) is 5.17. The lowest BCUT2D eigenvalue weighted by molar-refractivity contribution is -0.178. The van der Waals surface area contributed by atoms with E-state index in [1.807, 2.05) is 4.90 Å². The molecule has 0 N–H and O–H groups in total. The van der Waals surface area contributed by atoms with Crippen LogP contribution in [0.3, 0.4) is 0 Å². The quantitative estimate of drug-likeness (QED) is 0.457. The van der Waals surface area contributed by atoms with Crippen molar-refractivity contribution in [1.82, 2.24) is 4.90 Å². The van der Waals surface area contributed by atoms with Crippen molar-refractivity contribution in [3.8, 4) is 12.3 Å². The number of hydrogen-bond donors (Lipinski definition) is 0. The molecule has 1 rings (SSSR count). The van der Waals surface area contributed by atoms with Crippen molar-refractivity contribution >= 4 is 0 Å². The summed E-state index contributed by atoms with van der Waals surface area (Å²) in [4.78, 5) is 1.89. The highest BCUT2D eigenvalue weighted by Gasteiger charge is 2.07. The molecule has 0 aromatic carbocycles. The molecule has 1 heterocycles. The Bertz CT molecular complexity index is 113. The van der Waals surface area contributed by atoms with Gasteiger partial charge in [0.15, 0.2) is 0 Å². The summed E-state index contributed by atoms with van der Waals surface area (Å²) in [5.74, 6) is 2.50. The molecule has 0 amide bonds. The van der Waals surface area contributed by atoms with Gasteiger partial charge in [-0.05, 0) is 0 Å². The van der Waals surface area contributed by atoms with Crippen LogP contribution in [0.1, 0.15) is 0 Å². The van der Waals surface area contributed by atoms with E-state index in [9.17, 15) is 0 Å². The third-order valence-corrected chi connectivity index (χ3v) is 1.03. The minimum Gasteiger partial charge on any atom is -0.340 e. The lowest BCUT2D eigenvalue weighted by Crippen LogP contribution is -2.34. The summed E-state index contributed by atoms with van der Waals surface area (Å²) in [6.07, 6.45) is 5.06. The van der Waals surface area contributed by atoms with Crippen molar-refractivity contribution < 1.29 is 9.47 Å². The maximum Gasteiger partial charge on any atom is 0.150 e. The first kappa shape index (κ1) is 6.56. The largest absolute Gasteiger partial charge is 0.340 e. The highest BCUT2D eigenvalue weighted by Crippen LogP contribution is 1.95. The molecule has 0 radical (unpaired) electrons. The predicted molar refractivity (Wildman–Crippen MR) is 32.3 cm³/mol. The van der Waals surface area contributed by atoms with Gasteiger partial charge in [-0.1, -0.05) is 5.92 Å². The van der Waals surface area contributed by atoms with E-state index in [1.165, 1.54) is 0 Å². The summed E-state index contributed by atoms with van der Waals surface area (Å²) >= 11 is 0. The second kappa shape index (κ2) is 3.46. The third kappa shape index (κ3) is 2.02. The van der Waals surface area contributed by atoms with Crippen molar-refractivity contribution in [2.45, 2.75) is 0 Å². The number of ether oxygens (including phenoxy) is 2. The van der Waals surface area contributed by atoms with Crippen molar-refractivity contribution in [3.05, 3.63) is 0 Å². The molecule has 1 fully saturated rings. The van der Waals surface area contributed by atoms with Crippen molar-refractivity contribution in [2.75, 3.05) is 26.8 Å². The van der Waals surface area contributed by atoms with Gasteiger partial charge in [0.1, 0.15) is 20.3 Å². The first-order valence-corrected chi connectivity index (χ1v) is 2.75. The minimum absolute atomic E-state index is 0.390. The van der Waals surface area contributed by atoms with Gasteiger partial charge in [0.05, 0.1) is 6.54 Å². The van der Waals surface area contributed by atoms with E-state index in [2.05, 4.69) is 5.92 Å². The molecule has 1 aliphatic heterocycles. The van der Waals surface area contributed by atoms with Gasteiger partial charge in [-0.2, -0.15) is 0 Å². The molecule has 1 saturated heterocycles. The molecule has 0 spiro atoms. The predicted octanol–water partition coefficient (Wildman–Crippen LogP) is -0.159. The maximum absolute atomic E-state index is 5.06. The fourth-order valence-electron chi connectivity index (χ4n) is 0.649. The molecule has 0 aromatic rings. The molecule has 0 aromatic heterocycles. The summed E-state index contributed by atoms with van der Waals surface area (Å²) in [7, 11) is 0. The molecular formula is C6H9NO2. The lowest BCUT2D eigenvalue weighted by Gasteiger charge is -2.23. The Morgan fingerprint density at radius 3 is 2.67 bits per heavy atom. The lowest BCUT2D eigenvalue weighted by atomic mass is 10.6. The molecule has 3 nitrogen and oxygen atoms in total. The molecule has 0 atom stereocenters. The van der Waals surface area contributed by atoms with Crippen LogP contribution in [0.4, 0.5) is 0 Å². The van der Waals surface area contributed by atoms with Crippen LogP contribution in [0, 0.1) is 12.3 Å². The number of terminal acetylenes is 1. The van der Waals surface area contributed by atoms with Gasteiger partial charge in [-0.3, -0.25) is 0 Å². The van der Waals surface area contributed by atoms with Crippen molar-refractivity contribution in [2.24, 2.45) is 0 Å². The molecule has 0 bridgehead atoms. The van der Waals surface area contributed by atoms with E-state index in [1.54, 1.807) is 0 Å². The van der Waals surface area contributed by atoms with Gasteiger partial charge in [-0.15, -0.1) is 6.42 Å². The van der Waals surface area contributed by atoms with Gasteiger partial charge in [0, 0.05) is 0 Å². The summed E-state index contributed by atoms with van der Waals surface area (Å²) in [5.41, 5.74) is 0. The van der Waals surface area contributed by atoms with Gasteiger partial charge in [0.2, 0.25) is 0 Å². The Balaban J connectivity index is 2.17. The third-order valence-electron chi connectivity index (χ3n) is 1.03. The van der Waals surface area contributed by atoms with E-state index in [4.69, 9.17) is 15.9 Å². The first-order chi connectivity index (χ1) is 4.43. The van der Waals surface area contributed by atoms with Crippen LogP contribution in [0.5, 0.6) is 0 Å². The zero-order chi connectivity index (χ0) is 6.53. The van der Waals surface area contributed by atoms with Crippen molar-refractivity contribution in [3.63, 3.8) is 0 Å². The van der Waals surface area contributed by atoms with E-state index in [-0.39, 0.29) is 0 Å². The minimum atomic E-state index is 0.390. The molecule has 3 heteroatoms. The number of rotatable bonds is 1. The van der Waals surface area contributed by atoms with E-state index < -0.39 is 0 Å². The Morgan fingerprint density at radius 1 is 1.44 bits per heavy atom. The molecule has 1 aliphatic rings. The monoisotopic (exact) mass is 127 g/mol. The molecule has 0 saturated carbocycles. The maximum atomic E-state index is 5.06. The van der Waals surface area contributed by atoms with Crippen LogP contribution >= 0.6 is 0 Å². The summed E-state index contributed by atoms with van der Waals surface area (Å²) in [6.45, 7) is 2.16. The van der Waals surface area contributed by atoms with E-state index >= 15 is 0 Å². The van der Waals surface area contributed by atoms with Gasteiger partial charge in [-0.25, -0.2) is 4.90 Å². The van der Waals surface area contributed by atoms with Gasteiger partial charge >= 0.3 is 0 Å². The van der Waals surface area contributed by atoms with Crippen LogP contribution in [0.25, 0.3) is 0 Å². The summed E-state index contributed by atoms with van der Waals surface area (Å²) < 4.78 is 9.89. The standard InChI is InChI=1S/C6H9NO2/c1-2-3-7-4-8-6-9-5-7/h1H,3-6H2. The average Bonchev–Trinajstić information content (AvgIpc) is 1.91. The summed E-state index contributed by atoms with van der Waals surface area (Å²) in [5, 5.41) is 0. The fraction of sp³-hybridized carbons (Fsp3) is 0.667. The fourth-order valence-corrected chi connectivity index (χ4v) is 0.649. The Kier molecular flexibility index (Phi) is 2.52. The Labute approximate surface area is 54.5 Å². The Morgan fingerprint density at radius 2 is 2.11 bits per heavy atom. The second-order valence-corrected chi connectivity index (χ2v) is 1.82. The molecule has 0 aliphatic carbocycles. The van der Waals surface area contributed by atoms with Gasteiger partial charge < -0.3 is 9.47 Å². The number of hydrogen-bond acceptors (Lipinski definition) is 3. The second-order valence-electron chi connectivity index (χ2n) is 1.82. The van der Waals surface area contributed by atoms with E-state index in [0.29, 0.717) is 26.8 Å². The molecule has 9 heavy (non-hydrogen) atoms. The topological polar surface area (TPSA) is 21.7 Å². The molecule has 0 unspecified atom stereocenters. The normalized spacial score (nSPS) is 21.2. The highest BCUT2D eigenvalue weighted by molar-refractivity contribution is 4.87. The zero-order valence-electron chi connectivity index (χ0n) is 5.17. The summed E-state index contributed by atoms with van der Waals surface area (Å²) in [6, 6.07) is 0. The van der Waals surface area contributed by atoms with Crippen LogP contribution < -0.4 is 0 Å². The Hall–Kier alpha value is -0.560. The first-order valence-electron chi connectivity index (χ1n) is 2.75. The van der Waals surface area contributed by atoms with Crippen LogP contribution in [0.15, 0.2) is 0 Å². The molecular weight excluding hydrogens is 118 g/mol. The average molecular weight is 127 g/mol. The van der Waals surface area contributed by atoms with E-state index in [0.717, 1.165) is 0 Å². The SMILES string of the molecule is C#CCN1COCOC1.